The summed E-state index contributed by atoms with van der Waals surface area (Å²) < 4.78 is 52.9. The largest absolute Gasteiger partial charge is 0.486 e. The number of hydrogen-bond acceptors (Lipinski definition) is 4. The normalized spacial score (nSPS) is 14.1. The molecular weight excluding hydrogens is 335 g/mol. The van der Waals surface area contributed by atoms with Crippen LogP contribution in [0, 0.1) is 0 Å². The molecule has 0 saturated carbocycles. The standard InChI is InChI=1S/C17H14F3N3O2/c1-2-23-16-11(9-21-23)12(17(18,19)20)8-13(22-16)10-3-4-14-15(7-10)25-6-5-24-14/h3-4,7-9H,2,5-6H2,1H3. The number of fused-ring (bicyclic) bond motifs is 2. The average molecular weight is 349 g/mol. The first-order valence-electron chi connectivity index (χ1n) is 7.81. The highest BCUT2D eigenvalue weighted by molar-refractivity contribution is 5.83. The number of halogens is 3. The molecule has 0 saturated heterocycles. The molecule has 1 aliphatic rings. The highest BCUT2D eigenvalue weighted by Crippen LogP contribution is 2.39. The maximum absolute atomic E-state index is 13.5. The number of alkyl halides is 3. The lowest BCUT2D eigenvalue weighted by atomic mass is 10.1. The first kappa shape index (κ1) is 15.7. The third-order valence-corrected chi connectivity index (χ3v) is 4.05. The fraction of sp³-hybridized carbons (Fsp3) is 0.294. The predicted molar refractivity (Wildman–Crippen MR) is 84.6 cm³/mol. The van der Waals surface area contributed by atoms with E-state index < -0.39 is 11.7 Å². The lowest BCUT2D eigenvalue weighted by Gasteiger charge is -2.19. The fourth-order valence-corrected chi connectivity index (χ4v) is 2.86. The Labute approximate surface area is 141 Å². The first-order valence-corrected chi connectivity index (χ1v) is 7.81. The Hall–Kier alpha value is -2.77. The van der Waals surface area contributed by atoms with E-state index in [2.05, 4.69) is 10.1 Å². The zero-order valence-electron chi connectivity index (χ0n) is 13.3. The van der Waals surface area contributed by atoms with Gasteiger partial charge in [0, 0.05) is 12.1 Å². The molecule has 1 aromatic carbocycles. The van der Waals surface area contributed by atoms with Gasteiger partial charge in [0.05, 0.1) is 22.8 Å². The number of aryl methyl sites for hydroxylation is 1. The van der Waals surface area contributed by atoms with Gasteiger partial charge in [-0.3, -0.25) is 0 Å². The summed E-state index contributed by atoms with van der Waals surface area (Å²) in [5, 5.41) is 4.00. The maximum atomic E-state index is 13.5. The topological polar surface area (TPSA) is 49.2 Å². The molecule has 0 radical (unpaired) electrons. The van der Waals surface area contributed by atoms with Crippen LogP contribution in [0.5, 0.6) is 11.5 Å². The maximum Gasteiger partial charge on any atom is 0.417 e. The van der Waals surface area contributed by atoms with Crippen LogP contribution in [-0.2, 0) is 12.7 Å². The summed E-state index contributed by atoms with van der Waals surface area (Å²) >= 11 is 0. The van der Waals surface area contributed by atoms with Gasteiger partial charge in [-0.15, -0.1) is 0 Å². The molecule has 25 heavy (non-hydrogen) atoms. The molecule has 0 fully saturated rings. The molecule has 8 heteroatoms. The van der Waals surface area contributed by atoms with E-state index in [1.54, 1.807) is 25.1 Å². The third-order valence-electron chi connectivity index (χ3n) is 4.05. The Balaban J connectivity index is 1.92. The van der Waals surface area contributed by atoms with Crippen LogP contribution in [0.15, 0.2) is 30.5 Å². The summed E-state index contributed by atoms with van der Waals surface area (Å²) in [7, 11) is 0. The lowest BCUT2D eigenvalue weighted by molar-refractivity contribution is -0.136. The summed E-state index contributed by atoms with van der Waals surface area (Å²) in [6.45, 7) is 3.08. The zero-order valence-corrected chi connectivity index (χ0v) is 13.3. The van der Waals surface area contributed by atoms with Gasteiger partial charge in [-0.1, -0.05) is 0 Å². The van der Waals surface area contributed by atoms with Crippen molar-refractivity contribution in [2.75, 3.05) is 13.2 Å². The number of aromatic nitrogens is 3. The summed E-state index contributed by atoms with van der Waals surface area (Å²) in [6.07, 6.45) is -3.28. The van der Waals surface area contributed by atoms with Gasteiger partial charge in [0.15, 0.2) is 17.1 Å². The van der Waals surface area contributed by atoms with Crippen LogP contribution in [0.2, 0.25) is 0 Å². The van der Waals surface area contributed by atoms with Gasteiger partial charge in [0.25, 0.3) is 0 Å². The zero-order chi connectivity index (χ0) is 17.6. The molecule has 0 amide bonds. The summed E-state index contributed by atoms with van der Waals surface area (Å²) in [5.74, 6) is 1.08. The van der Waals surface area contributed by atoms with Gasteiger partial charge in [-0.2, -0.15) is 18.3 Å². The van der Waals surface area contributed by atoms with Gasteiger partial charge in [-0.25, -0.2) is 9.67 Å². The van der Waals surface area contributed by atoms with Gasteiger partial charge in [0.1, 0.15) is 13.2 Å². The third kappa shape index (κ3) is 2.67. The van der Waals surface area contributed by atoms with E-state index in [4.69, 9.17) is 9.47 Å². The smallest absolute Gasteiger partial charge is 0.417 e. The SMILES string of the molecule is CCn1ncc2c(C(F)(F)F)cc(-c3ccc4c(c3)OCCO4)nc21. The Morgan fingerprint density at radius 2 is 1.88 bits per heavy atom. The number of pyridine rings is 1. The number of ether oxygens (including phenoxy) is 2. The minimum atomic E-state index is -4.49. The lowest BCUT2D eigenvalue weighted by Crippen LogP contribution is -2.15. The molecule has 130 valence electrons. The Bertz CT molecular complexity index is 950. The van der Waals surface area contributed by atoms with Crippen molar-refractivity contribution in [2.45, 2.75) is 19.6 Å². The van der Waals surface area contributed by atoms with Gasteiger partial charge < -0.3 is 9.47 Å². The molecule has 2 aromatic heterocycles. The summed E-state index contributed by atoms with van der Waals surface area (Å²) in [4.78, 5) is 4.40. The van der Waals surface area contributed by atoms with Crippen molar-refractivity contribution in [1.29, 1.82) is 0 Å². The van der Waals surface area contributed by atoms with E-state index in [0.717, 1.165) is 6.07 Å². The molecule has 0 bridgehead atoms. The monoisotopic (exact) mass is 349 g/mol. The highest BCUT2D eigenvalue weighted by Gasteiger charge is 2.34. The van der Waals surface area contributed by atoms with E-state index in [-0.39, 0.29) is 16.7 Å². The quantitative estimate of drug-likeness (QED) is 0.704. The van der Waals surface area contributed by atoms with Gasteiger partial charge in [0.2, 0.25) is 0 Å². The number of nitrogens with zero attached hydrogens (tertiary/aromatic N) is 3. The van der Waals surface area contributed by atoms with Gasteiger partial charge >= 0.3 is 6.18 Å². The van der Waals surface area contributed by atoms with Crippen molar-refractivity contribution < 1.29 is 22.6 Å². The van der Waals surface area contributed by atoms with Crippen LogP contribution in [0.3, 0.4) is 0 Å². The van der Waals surface area contributed by atoms with Crippen molar-refractivity contribution in [3.8, 4) is 22.8 Å². The van der Waals surface area contributed by atoms with E-state index >= 15 is 0 Å². The van der Waals surface area contributed by atoms with Crippen molar-refractivity contribution in [2.24, 2.45) is 0 Å². The summed E-state index contributed by atoms with van der Waals surface area (Å²) in [5.41, 5.74) is 0.205. The van der Waals surface area contributed by atoms with Crippen molar-refractivity contribution in [3.05, 3.63) is 36.0 Å². The molecule has 3 heterocycles. The molecule has 0 spiro atoms. The number of hydrogen-bond donors (Lipinski definition) is 0. The van der Waals surface area contributed by atoms with Crippen molar-refractivity contribution in [3.63, 3.8) is 0 Å². The molecule has 0 atom stereocenters. The van der Waals surface area contributed by atoms with E-state index in [1.165, 1.54) is 10.9 Å². The molecule has 1 aliphatic heterocycles. The molecule has 5 nitrogen and oxygen atoms in total. The second-order valence-corrected chi connectivity index (χ2v) is 5.61. The second kappa shape index (κ2) is 5.65. The van der Waals surface area contributed by atoms with E-state index in [1.807, 2.05) is 0 Å². The van der Waals surface area contributed by atoms with Gasteiger partial charge in [-0.05, 0) is 31.2 Å². The molecule has 0 unspecified atom stereocenters. The van der Waals surface area contributed by atoms with Crippen LogP contribution in [0.4, 0.5) is 13.2 Å². The van der Waals surface area contributed by atoms with E-state index in [0.29, 0.717) is 36.8 Å². The molecular formula is C17H14F3N3O2. The Morgan fingerprint density at radius 3 is 2.60 bits per heavy atom. The Kier molecular flexibility index (Phi) is 3.55. The van der Waals surface area contributed by atoms with Crippen LogP contribution < -0.4 is 9.47 Å². The fourth-order valence-electron chi connectivity index (χ4n) is 2.86. The summed E-state index contributed by atoms with van der Waals surface area (Å²) in [6, 6.07) is 6.06. The molecule has 0 aliphatic carbocycles. The van der Waals surface area contributed by atoms with Crippen LogP contribution in [0.25, 0.3) is 22.3 Å². The molecule has 4 rings (SSSR count). The van der Waals surface area contributed by atoms with E-state index in [9.17, 15) is 13.2 Å². The number of rotatable bonds is 2. The molecule has 0 N–H and O–H groups in total. The predicted octanol–water partition coefficient (Wildman–Crippen LogP) is 3.91. The Morgan fingerprint density at radius 1 is 1.12 bits per heavy atom. The highest BCUT2D eigenvalue weighted by atomic mass is 19.4. The van der Waals surface area contributed by atoms with Crippen molar-refractivity contribution >= 4 is 11.0 Å². The molecule has 3 aromatic rings. The van der Waals surface area contributed by atoms with Crippen LogP contribution in [-0.4, -0.2) is 28.0 Å². The minimum absolute atomic E-state index is 0.00403. The average Bonchev–Trinajstić information content (AvgIpc) is 3.02. The van der Waals surface area contributed by atoms with Crippen LogP contribution in [0.1, 0.15) is 12.5 Å². The minimum Gasteiger partial charge on any atom is -0.486 e. The van der Waals surface area contributed by atoms with Crippen molar-refractivity contribution in [1.82, 2.24) is 14.8 Å². The second-order valence-electron chi connectivity index (χ2n) is 5.61. The first-order chi connectivity index (χ1) is 12.0. The number of benzene rings is 1. The van der Waals surface area contributed by atoms with Crippen LogP contribution >= 0.6 is 0 Å².